The van der Waals surface area contributed by atoms with Crippen LogP contribution < -0.4 is 10.2 Å². The molecule has 29 heavy (non-hydrogen) atoms. The molecule has 0 spiro atoms. The maximum atomic E-state index is 13.3. The number of anilines is 2. The van der Waals surface area contributed by atoms with Crippen LogP contribution in [0.3, 0.4) is 0 Å². The van der Waals surface area contributed by atoms with Crippen molar-refractivity contribution < 1.29 is 9.59 Å². The van der Waals surface area contributed by atoms with Crippen molar-refractivity contribution in [3.63, 3.8) is 0 Å². The van der Waals surface area contributed by atoms with Crippen molar-refractivity contribution in [2.24, 2.45) is 0 Å². The summed E-state index contributed by atoms with van der Waals surface area (Å²) in [6.07, 6.45) is 0. The lowest BCUT2D eigenvalue weighted by molar-refractivity contribution is -0.120. The number of halogens is 2. The summed E-state index contributed by atoms with van der Waals surface area (Å²) in [5.41, 5.74) is 3.85. The number of hydrogen-bond donors (Lipinski definition) is 1. The molecule has 7 heteroatoms. The molecule has 0 atom stereocenters. The molecule has 0 unspecified atom stereocenters. The Kier molecular flexibility index (Phi) is 5.21. The summed E-state index contributed by atoms with van der Waals surface area (Å²) in [5, 5.41) is 5.71. The Hall–Kier alpha value is -2.60. The van der Waals surface area contributed by atoms with E-state index in [1.54, 1.807) is 12.1 Å². The molecular formula is C22H16Cl2N2O2S. The molecule has 0 fully saturated rings. The highest BCUT2D eigenvalue weighted by Gasteiger charge is 2.41. The van der Waals surface area contributed by atoms with Crippen molar-refractivity contribution >= 4 is 63.3 Å². The number of nitrogens with zero attached hydrogens (tertiary/aromatic N) is 1. The van der Waals surface area contributed by atoms with Crippen LogP contribution in [-0.4, -0.2) is 11.8 Å². The fourth-order valence-electron chi connectivity index (χ4n) is 3.17. The molecule has 146 valence electrons. The van der Waals surface area contributed by atoms with Crippen LogP contribution in [0.25, 0.3) is 5.57 Å². The first-order valence-electron chi connectivity index (χ1n) is 8.83. The largest absolute Gasteiger partial charge is 0.350 e. The van der Waals surface area contributed by atoms with Crippen LogP contribution in [0.5, 0.6) is 0 Å². The number of thiophene rings is 1. The van der Waals surface area contributed by atoms with Gasteiger partial charge in [-0.3, -0.25) is 9.59 Å². The van der Waals surface area contributed by atoms with E-state index in [2.05, 4.69) is 5.32 Å². The molecule has 2 aromatic carbocycles. The Balaban J connectivity index is 1.83. The van der Waals surface area contributed by atoms with E-state index in [1.165, 1.54) is 17.4 Å². The number of benzene rings is 2. The number of imide groups is 1. The van der Waals surface area contributed by atoms with Crippen molar-refractivity contribution in [1.29, 1.82) is 0 Å². The molecule has 4 nitrogen and oxygen atoms in total. The summed E-state index contributed by atoms with van der Waals surface area (Å²) in [5.74, 6) is -0.832. The molecule has 0 saturated heterocycles. The van der Waals surface area contributed by atoms with E-state index >= 15 is 0 Å². The van der Waals surface area contributed by atoms with Gasteiger partial charge in [0, 0.05) is 10.6 Å². The lowest BCUT2D eigenvalue weighted by atomic mass is 10.1. The second kappa shape index (κ2) is 7.67. The van der Waals surface area contributed by atoms with Crippen LogP contribution in [0.1, 0.15) is 16.0 Å². The van der Waals surface area contributed by atoms with E-state index < -0.39 is 11.8 Å². The SMILES string of the molecule is Cc1cccc(NC2=C(c3cccs3)C(=O)N(c3ccc(Cl)c(Cl)c3)C2=O)c1C. The molecule has 4 rings (SSSR count). The summed E-state index contributed by atoms with van der Waals surface area (Å²) in [4.78, 5) is 28.5. The van der Waals surface area contributed by atoms with Gasteiger partial charge in [-0.25, -0.2) is 4.90 Å². The zero-order valence-electron chi connectivity index (χ0n) is 15.6. The van der Waals surface area contributed by atoms with E-state index in [9.17, 15) is 9.59 Å². The first-order chi connectivity index (χ1) is 13.9. The lowest BCUT2D eigenvalue weighted by Gasteiger charge is -2.16. The number of nitrogens with one attached hydrogen (secondary N) is 1. The number of amides is 2. The van der Waals surface area contributed by atoms with Gasteiger partial charge in [0.15, 0.2) is 0 Å². The van der Waals surface area contributed by atoms with Gasteiger partial charge in [0.25, 0.3) is 11.8 Å². The third kappa shape index (κ3) is 3.46. The molecule has 2 amide bonds. The minimum Gasteiger partial charge on any atom is -0.350 e. The molecule has 2 heterocycles. The highest BCUT2D eigenvalue weighted by atomic mass is 35.5. The molecule has 1 N–H and O–H groups in total. The zero-order chi connectivity index (χ0) is 20.7. The average Bonchev–Trinajstić information content (AvgIpc) is 3.29. The topological polar surface area (TPSA) is 49.4 Å². The Labute approximate surface area is 182 Å². The van der Waals surface area contributed by atoms with Crippen molar-refractivity contribution in [3.8, 4) is 0 Å². The van der Waals surface area contributed by atoms with Gasteiger partial charge in [-0.2, -0.15) is 0 Å². The molecule has 3 aromatic rings. The Morgan fingerprint density at radius 1 is 0.931 bits per heavy atom. The minimum absolute atomic E-state index is 0.247. The van der Waals surface area contributed by atoms with Crippen LogP contribution in [0.2, 0.25) is 10.0 Å². The van der Waals surface area contributed by atoms with Gasteiger partial charge in [0.2, 0.25) is 0 Å². The number of aryl methyl sites for hydroxylation is 1. The normalized spacial score (nSPS) is 14.1. The minimum atomic E-state index is -0.433. The van der Waals surface area contributed by atoms with Crippen molar-refractivity contribution in [2.45, 2.75) is 13.8 Å². The van der Waals surface area contributed by atoms with Gasteiger partial charge in [-0.05, 0) is 60.7 Å². The van der Waals surface area contributed by atoms with Gasteiger partial charge >= 0.3 is 0 Å². The van der Waals surface area contributed by atoms with Crippen LogP contribution >= 0.6 is 34.5 Å². The van der Waals surface area contributed by atoms with E-state index in [1.807, 2.05) is 49.6 Å². The first-order valence-corrected chi connectivity index (χ1v) is 10.5. The molecule has 1 aliphatic rings. The van der Waals surface area contributed by atoms with Crippen molar-refractivity contribution in [1.82, 2.24) is 0 Å². The fraction of sp³-hybridized carbons (Fsp3) is 0.0909. The molecule has 0 saturated carbocycles. The van der Waals surface area contributed by atoms with Crippen molar-refractivity contribution in [3.05, 3.63) is 85.7 Å². The predicted octanol–water partition coefficient (Wildman–Crippen LogP) is 6.07. The summed E-state index contributed by atoms with van der Waals surface area (Å²) >= 11 is 13.5. The third-order valence-electron chi connectivity index (χ3n) is 4.88. The van der Waals surface area contributed by atoms with Crippen LogP contribution in [0, 0.1) is 13.8 Å². The van der Waals surface area contributed by atoms with Crippen LogP contribution in [0.15, 0.2) is 59.6 Å². The highest BCUT2D eigenvalue weighted by molar-refractivity contribution is 7.11. The molecule has 0 radical (unpaired) electrons. The smallest absolute Gasteiger partial charge is 0.282 e. The summed E-state index contributed by atoms with van der Waals surface area (Å²) in [6, 6.07) is 14.2. The summed E-state index contributed by atoms with van der Waals surface area (Å²) in [7, 11) is 0. The van der Waals surface area contributed by atoms with E-state index in [0.29, 0.717) is 16.3 Å². The predicted molar refractivity (Wildman–Crippen MR) is 120 cm³/mol. The standard InChI is InChI=1S/C22H16Cl2N2O2S/c1-12-5-3-6-17(13(12)2)25-20-19(18-7-4-10-29-18)21(27)26(22(20)28)14-8-9-15(23)16(24)11-14/h3-11,25H,1-2H3. The van der Waals surface area contributed by atoms with Gasteiger partial charge in [0.1, 0.15) is 5.70 Å². The van der Waals surface area contributed by atoms with E-state index in [4.69, 9.17) is 23.2 Å². The quantitative estimate of drug-likeness (QED) is 0.498. The highest BCUT2D eigenvalue weighted by Crippen LogP contribution is 2.37. The van der Waals surface area contributed by atoms with Gasteiger partial charge < -0.3 is 5.32 Å². The average molecular weight is 443 g/mol. The lowest BCUT2D eigenvalue weighted by Crippen LogP contribution is -2.32. The Morgan fingerprint density at radius 2 is 1.72 bits per heavy atom. The third-order valence-corrected chi connectivity index (χ3v) is 6.50. The number of carbonyl (C=O) groups is 2. The number of rotatable bonds is 4. The second-order valence-electron chi connectivity index (χ2n) is 6.64. The first kappa shape index (κ1) is 19.7. The van der Waals surface area contributed by atoms with Crippen molar-refractivity contribution in [2.75, 3.05) is 10.2 Å². The fourth-order valence-corrected chi connectivity index (χ4v) is 4.24. The van der Waals surface area contributed by atoms with Crippen LogP contribution in [0.4, 0.5) is 11.4 Å². The maximum absolute atomic E-state index is 13.3. The van der Waals surface area contributed by atoms with E-state index in [0.717, 1.165) is 26.6 Å². The summed E-state index contributed by atoms with van der Waals surface area (Å²) < 4.78 is 0. The second-order valence-corrected chi connectivity index (χ2v) is 8.41. The number of hydrogen-bond acceptors (Lipinski definition) is 4. The molecule has 0 bridgehead atoms. The monoisotopic (exact) mass is 442 g/mol. The number of carbonyl (C=O) groups excluding carboxylic acids is 2. The van der Waals surface area contributed by atoms with Gasteiger partial charge in [0.05, 0.1) is 21.3 Å². The molecule has 0 aliphatic carbocycles. The van der Waals surface area contributed by atoms with E-state index in [-0.39, 0.29) is 10.7 Å². The maximum Gasteiger partial charge on any atom is 0.282 e. The zero-order valence-corrected chi connectivity index (χ0v) is 18.0. The van der Waals surface area contributed by atoms with Gasteiger partial charge in [-0.15, -0.1) is 11.3 Å². The summed E-state index contributed by atoms with van der Waals surface area (Å²) in [6.45, 7) is 3.97. The Morgan fingerprint density at radius 3 is 2.41 bits per heavy atom. The molecular weight excluding hydrogens is 427 g/mol. The van der Waals surface area contributed by atoms with Crippen LogP contribution in [-0.2, 0) is 9.59 Å². The van der Waals surface area contributed by atoms with Gasteiger partial charge in [-0.1, -0.05) is 41.4 Å². The molecule has 1 aliphatic heterocycles. The Bertz CT molecular complexity index is 1170. The molecule has 1 aromatic heterocycles.